The molecular weight excluding hydrogens is 630 g/mol. The predicted molar refractivity (Wildman–Crippen MR) is 208 cm³/mol. The number of carbonyl (C=O) groups is 2. The normalized spacial score (nSPS) is 11.8. The van der Waals surface area contributed by atoms with Gasteiger partial charge in [0, 0.05) is 26.2 Å². The number of alkyl carbamates (subject to hydrolysis) is 2. The van der Waals surface area contributed by atoms with E-state index in [0.29, 0.717) is 13.1 Å². The largest absolute Gasteiger partial charge is 0.444 e. The molecule has 1 rings (SSSR count). The van der Waals surface area contributed by atoms with E-state index in [0.717, 1.165) is 97.4 Å². The van der Waals surface area contributed by atoms with Crippen LogP contribution in [0.15, 0.2) is 18.2 Å². The van der Waals surface area contributed by atoms with Crippen LogP contribution >= 0.6 is 0 Å². The molecule has 11 nitrogen and oxygen atoms in total. The van der Waals surface area contributed by atoms with Gasteiger partial charge >= 0.3 is 12.2 Å². The Labute approximate surface area is 305 Å². The van der Waals surface area contributed by atoms with Crippen molar-refractivity contribution in [1.82, 2.24) is 31.9 Å². The SMILES string of the molecule is CC(C)(C)OC(=O)NCCCNCCCCCc1cc(CNCCCCCCCN)cc(CNCCCNCCCNC(=O)OC(C)(C)C)c1. The smallest absolute Gasteiger partial charge is 0.407 e. The average molecular weight is 706 g/mol. The lowest BCUT2D eigenvalue weighted by atomic mass is 10.0. The molecule has 0 radical (unpaired) electrons. The fourth-order valence-corrected chi connectivity index (χ4v) is 5.36. The molecule has 0 saturated heterocycles. The van der Waals surface area contributed by atoms with Crippen LogP contribution in [0.5, 0.6) is 0 Å². The van der Waals surface area contributed by atoms with Crippen LogP contribution in [0.2, 0.25) is 0 Å². The highest BCUT2D eigenvalue weighted by Gasteiger charge is 2.16. The fraction of sp³-hybridized carbons (Fsp3) is 0.795. The molecule has 0 aromatic heterocycles. The van der Waals surface area contributed by atoms with Crippen LogP contribution < -0.4 is 37.6 Å². The van der Waals surface area contributed by atoms with Crippen molar-refractivity contribution in [2.24, 2.45) is 5.73 Å². The van der Waals surface area contributed by atoms with Gasteiger partial charge in [-0.3, -0.25) is 0 Å². The van der Waals surface area contributed by atoms with Crippen molar-refractivity contribution in [1.29, 1.82) is 0 Å². The van der Waals surface area contributed by atoms with Gasteiger partial charge in [-0.1, -0.05) is 43.9 Å². The summed E-state index contributed by atoms with van der Waals surface area (Å²) in [6.45, 7) is 20.7. The summed E-state index contributed by atoms with van der Waals surface area (Å²) in [4.78, 5) is 23.5. The van der Waals surface area contributed by atoms with Crippen LogP contribution in [0.4, 0.5) is 9.59 Å². The Balaban J connectivity index is 2.35. The number of rotatable bonds is 29. The molecule has 290 valence electrons. The van der Waals surface area contributed by atoms with E-state index in [1.165, 1.54) is 55.2 Å². The molecule has 8 N–H and O–H groups in total. The Hall–Kier alpha value is -2.44. The third kappa shape index (κ3) is 29.3. The molecule has 0 atom stereocenters. The number of amides is 2. The van der Waals surface area contributed by atoms with Crippen molar-refractivity contribution in [2.45, 2.75) is 143 Å². The van der Waals surface area contributed by atoms with E-state index in [9.17, 15) is 9.59 Å². The Morgan fingerprint density at radius 1 is 0.500 bits per heavy atom. The Bertz CT molecular complexity index is 945. The second kappa shape index (κ2) is 28.2. The number of aryl methyl sites for hydroxylation is 1. The maximum absolute atomic E-state index is 11.7. The summed E-state index contributed by atoms with van der Waals surface area (Å²) < 4.78 is 10.5. The molecule has 11 heteroatoms. The minimum Gasteiger partial charge on any atom is -0.444 e. The summed E-state index contributed by atoms with van der Waals surface area (Å²) in [7, 11) is 0. The molecule has 0 unspecified atom stereocenters. The molecule has 0 bridgehead atoms. The van der Waals surface area contributed by atoms with Crippen molar-refractivity contribution in [3.05, 3.63) is 34.9 Å². The summed E-state index contributed by atoms with van der Waals surface area (Å²) in [6.07, 6.45) is 12.8. The van der Waals surface area contributed by atoms with Crippen molar-refractivity contribution in [2.75, 3.05) is 58.9 Å². The van der Waals surface area contributed by atoms with Crippen molar-refractivity contribution < 1.29 is 19.1 Å². The van der Waals surface area contributed by atoms with Crippen LogP contribution in [0.25, 0.3) is 0 Å². The van der Waals surface area contributed by atoms with Crippen LogP contribution in [0, 0.1) is 0 Å². The van der Waals surface area contributed by atoms with E-state index < -0.39 is 11.2 Å². The number of hydrogen-bond acceptors (Lipinski definition) is 9. The molecule has 0 aliphatic rings. The Morgan fingerprint density at radius 3 is 1.38 bits per heavy atom. The van der Waals surface area contributed by atoms with Gasteiger partial charge in [0.05, 0.1) is 0 Å². The van der Waals surface area contributed by atoms with Gasteiger partial charge in [-0.15, -0.1) is 0 Å². The second-order valence-corrected chi connectivity index (χ2v) is 15.3. The first-order valence-electron chi connectivity index (χ1n) is 19.5. The number of unbranched alkanes of at least 4 members (excludes halogenated alkanes) is 6. The lowest BCUT2D eigenvalue weighted by molar-refractivity contribution is 0.0515. The van der Waals surface area contributed by atoms with E-state index in [2.05, 4.69) is 50.1 Å². The van der Waals surface area contributed by atoms with Crippen molar-refractivity contribution in [3.8, 4) is 0 Å². The summed E-state index contributed by atoms with van der Waals surface area (Å²) in [5, 5.41) is 19.9. The number of nitrogens with one attached hydrogen (secondary N) is 6. The zero-order valence-corrected chi connectivity index (χ0v) is 32.7. The monoisotopic (exact) mass is 706 g/mol. The van der Waals surface area contributed by atoms with Crippen molar-refractivity contribution in [3.63, 3.8) is 0 Å². The molecule has 50 heavy (non-hydrogen) atoms. The van der Waals surface area contributed by atoms with E-state index >= 15 is 0 Å². The van der Waals surface area contributed by atoms with Crippen LogP contribution in [0.3, 0.4) is 0 Å². The molecule has 2 amide bonds. The quantitative estimate of drug-likeness (QED) is 0.0507. The molecular formula is C39H75N7O4. The van der Waals surface area contributed by atoms with E-state index in [-0.39, 0.29) is 12.2 Å². The molecule has 0 fully saturated rings. The van der Waals surface area contributed by atoms with E-state index in [1.54, 1.807) is 0 Å². The zero-order valence-electron chi connectivity index (χ0n) is 32.7. The van der Waals surface area contributed by atoms with Gasteiger partial charge in [0.25, 0.3) is 0 Å². The lowest BCUT2D eigenvalue weighted by Crippen LogP contribution is -2.34. The van der Waals surface area contributed by atoms with Crippen LogP contribution in [-0.4, -0.2) is 82.3 Å². The topological polar surface area (TPSA) is 151 Å². The standard InChI is InChI=1S/C39H75N7O4/c1-38(2,3)49-36(47)45-26-16-23-41-20-14-10-11-18-33-28-34(31-43-21-13-9-7-8-12-19-40)30-35(29-33)32-44-25-15-22-42-24-17-27-46-37(48)50-39(4,5)6/h28-30,41-44H,7-27,31-32,40H2,1-6H3,(H,45,47)(H,46,48). The maximum atomic E-state index is 11.7. The highest BCUT2D eigenvalue weighted by Crippen LogP contribution is 2.15. The fourth-order valence-electron chi connectivity index (χ4n) is 5.36. The molecule has 0 spiro atoms. The third-order valence-corrected chi connectivity index (χ3v) is 7.75. The van der Waals surface area contributed by atoms with Gasteiger partial charge in [0.1, 0.15) is 11.2 Å². The van der Waals surface area contributed by atoms with Gasteiger partial charge in [-0.2, -0.15) is 0 Å². The van der Waals surface area contributed by atoms with Crippen molar-refractivity contribution >= 4 is 12.2 Å². The molecule has 0 aliphatic carbocycles. The molecule has 1 aromatic carbocycles. The lowest BCUT2D eigenvalue weighted by Gasteiger charge is -2.19. The highest BCUT2D eigenvalue weighted by atomic mass is 16.6. The zero-order chi connectivity index (χ0) is 36.9. The Morgan fingerprint density at radius 2 is 0.880 bits per heavy atom. The Kier molecular flexibility index (Phi) is 25.7. The number of ether oxygens (including phenoxy) is 2. The molecule has 0 saturated carbocycles. The second-order valence-electron chi connectivity index (χ2n) is 15.3. The summed E-state index contributed by atoms with van der Waals surface area (Å²) >= 11 is 0. The first-order valence-corrected chi connectivity index (χ1v) is 19.5. The van der Waals surface area contributed by atoms with Gasteiger partial charge < -0.3 is 47.1 Å². The minimum absolute atomic E-state index is 0.350. The molecule has 0 aliphatic heterocycles. The molecule has 1 aromatic rings. The summed E-state index contributed by atoms with van der Waals surface area (Å²) in [5.74, 6) is 0. The van der Waals surface area contributed by atoms with Gasteiger partial charge in [-0.25, -0.2) is 9.59 Å². The minimum atomic E-state index is -0.468. The van der Waals surface area contributed by atoms with Gasteiger partial charge in [0.15, 0.2) is 0 Å². The predicted octanol–water partition coefficient (Wildman–Crippen LogP) is 5.89. The number of benzene rings is 1. The van der Waals surface area contributed by atoms with Gasteiger partial charge in [0.2, 0.25) is 0 Å². The van der Waals surface area contributed by atoms with Crippen LogP contribution in [0.1, 0.15) is 129 Å². The van der Waals surface area contributed by atoms with Crippen LogP contribution in [-0.2, 0) is 29.0 Å². The molecule has 0 heterocycles. The number of hydrogen-bond donors (Lipinski definition) is 7. The maximum Gasteiger partial charge on any atom is 0.407 e. The van der Waals surface area contributed by atoms with E-state index in [1.807, 2.05) is 41.5 Å². The average Bonchev–Trinajstić information content (AvgIpc) is 3.02. The first kappa shape index (κ1) is 45.6. The third-order valence-electron chi connectivity index (χ3n) is 7.75. The first-order chi connectivity index (χ1) is 23.9. The highest BCUT2D eigenvalue weighted by molar-refractivity contribution is 5.67. The summed E-state index contributed by atoms with van der Waals surface area (Å²) in [6, 6.07) is 7.11. The summed E-state index contributed by atoms with van der Waals surface area (Å²) in [5.41, 5.74) is 8.82. The van der Waals surface area contributed by atoms with Gasteiger partial charge in [-0.05, 0) is 155 Å². The van der Waals surface area contributed by atoms with E-state index in [4.69, 9.17) is 15.2 Å². The number of nitrogens with two attached hydrogens (primary N) is 1. The number of carbonyl (C=O) groups excluding carboxylic acids is 2.